The van der Waals surface area contributed by atoms with Crippen LogP contribution in [0.25, 0.3) is 0 Å². The predicted molar refractivity (Wildman–Crippen MR) is 103 cm³/mol. The molecule has 2 unspecified atom stereocenters. The Labute approximate surface area is 159 Å². The van der Waals surface area contributed by atoms with Gasteiger partial charge >= 0.3 is 0 Å². The summed E-state index contributed by atoms with van der Waals surface area (Å²) in [4.78, 5) is 27.2. The van der Waals surface area contributed by atoms with Gasteiger partial charge in [-0.1, -0.05) is 30.3 Å². The average molecular weight is 368 g/mol. The third-order valence-corrected chi connectivity index (χ3v) is 4.86. The second kappa shape index (κ2) is 8.12. The number of nitrogens with one attached hydrogen (secondary N) is 1. The molecule has 0 aromatic heterocycles. The Morgan fingerprint density at radius 2 is 1.89 bits per heavy atom. The van der Waals surface area contributed by atoms with E-state index in [-0.39, 0.29) is 17.9 Å². The van der Waals surface area contributed by atoms with Crippen molar-refractivity contribution in [2.75, 3.05) is 25.7 Å². The van der Waals surface area contributed by atoms with E-state index in [1.165, 1.54) is 0 Å². The molecule has 1 fully saturated rings. The largest absolute Gasteiger partial charge is 0.497 e. The van der Waals surface area contributed by atoms with Crippen LogP contribution in [0.3, 0.4) is 0 Å². The first-order chi connectivity index (χ1) is 13.0. The summed E-state index contributed by atoms with van der Waals surface area (Å²) in [6.07, 6.45) is 0.465. The molecular formula is C21H24N2O4. The van der Waals surface area contributed by atoms with Crippen molar-refractivity contribution in [1.29, 1.82) is 0 Å². The maximum atomic E-state index is 12.9. The van der Waals surface area contributed by atoms with Crippen LogP contribution < -0.4 is 19.7 Å². The van der Waals surface area contributed by atoms with E-state index in [4.69, 9.17) is 9.47 Å². The molecule has 1 N–H and O–H groups in total. The molecule has 1 aliphatic rings. The molecule has 2 atom stereocenters. The van der Waals surface area contributed by atoms with Gasteiger partial charge in [0.2, 0.25) is 11.8 Å². The normalized spacial score (nSPS) is 17.5. The van der Waals surface area contributed by atoms with Gasteiger partial charge in [-0.05, 0) is 31.0 Å². The third kappa shape index (κ3) is 3.89. The van der Waals surface area contributed by atoms with Crippen LogP contribution in [0.2, 0.25) is 0 Å². The number of hydrogen-bond donors (Lipinski definition) is 1. The molecule has 2 aromatic rings. The minimum Gasteiger partial charge on any atom is -0.497 e. The summed E-state index contributed by atoms with van der Waals surface area (Å²) in [5, 5.41) is 2.95. The Hall–Kier alpha value is -3.02. The molecule has 1 aliphatic heterocycles. The second-order valence-electron chi connectivity index (χ2n) is 6.51. The number of rotatable bonds is 6. The Bertz CT molecular complexity index is 822. The van der Waals surface area contributed by atoms with E-state index >= 15 is 0 Å². The molecule has 3 rings (SSSR count). The number of carbonyl (C=O) groups excluding carboxylic acids is 2. The molecule has 27 heavy (non-hydrogen) atoms. The van der Waals surface area contributed by atoms with Gasteiger partial charge in [-0.2, -0.15) is 0 Å². The molecule has 6 nitrogen and oxygen atoms in total. The minimum absolute atomic E-state index is 0.160. The number of anilines is 1. The van der Waals surface area contributed by atoms with Crippen molar-refractivity contribution in [3.05, 3.63) is 54.1 Å². The topological polar surface area (TPSA) is 67.9 Å². The summed E-state index contributed by atoms with van der Waals surface area (Å²) < 4.78 is 10.6. The van der Waals surface area contributed by atoms with E-state index in [1.807, 2.05) is 37.3 Å². The highest BCUT2D eigenvalue weighted by molar-refractivity contribution is 6.10. The van der Waals surface area contributed by atoms with Crippen molar-refractivity contribution in [3.63, 3.8) is 0 Å². The smallest absolute Gasteiger partial charge is 0.239 e. The van der Waals surface area contributed by atoms with Crippen LogP contribution in [0.5, 0.6) is 11.5 Å². The van der Waals surface area contributed by atoms with Crippen molar-refractivity contribution in [2.45, 2.75) is 19.4 Å². The predicted octanol–water partition coefficient (Wildman–Crippen LogP) is 2.93. The van der Waals surface area contributed by atoms with Gasteiger partial charge in [0, 0.05) is 12.6 Å². The van der Waals surface area contributed by atoms with Gasteiger partial charge in [0.05, 0.1) is 25.9 Å². The fourth-order valence-corrected chi connectivity index (χ4v) is 3.31. The van der Waals surface area contributed by atoms with Crippen LogP contribution >= 0.6 is 0 Å². The Morgan fingerprint density at radius 3 is 2.56 bits per heavy atom. The number of nitrogens with zero attached hydrogens (tertiary/aromatic N) is 1. The van der Waals surface area contributed by atoms with Crippen LogP contribution in [0, 0.1) is 5.92 Å². The van der Waals surface area contributed by atoms with E-state index in [2.05, 4.69) is 5.32 Å². The summed E-state index contributed by atoms with van der Waals surface area (Å²) in [5.74, 6) is 0.0270. The zero-order chi connectivity index (χ0) is 19.4. The number of methoxy groups -OCH3 is 2. The number of hydrogen-bond acceptors (Lipinski definition) is 4. The molecule has 0 spiro atoms. The SMILES string of the molecule is COc1ccc(OC)c(N2CCC(C(=O)NC(C)c3ccccc3)C2=O)c1. The summed E-state index contributed by atoms with van der Waals surface area (Å²) in [7, 11) is 3.12. The highest BCUT2D eigenvalue weighted by Gasteiger charge is 2.39. The van der Waals surface area contributed by atoms with Crippen LogP contribution in [0.15, 0.2) is 48.5 Å². The molecule has 6 heteroatoms. The van der Waals surface area contributed by atoms with Crippen molar-refractivity contribution < 1.29 is 19.1 Å². The monoisotopic (exact) mass is 368 g/mol. The number of ether oxygens (including phenoxy) is 2. The first-order valence-electron chi connectivity index (χ1n) is 8.94. The van der Waals surface area contributed by atoms with E-state index in [0.717, 1.165) is 5.56 Å². The number of amides is 2. The first kappa shape index (κ1) is 18.8. The highest BCUT2D eigenvalue weighted by atomic mass is 16.5. The second-order valence-corrected chi connectivity index (χ2v) is 6.51. The number of carbonyl (C=O) groups is 2. The lowest BCUT2D eigenvalue weighted by molar-refractivity contribution is -0.132. The lowest BCUT2D eigenvalue weighted by Gasteiger charge is -2.21. The van der Waals surface area contributed by atoms with Gasteiger partial charge in [0.1, 0.15) is 17.4 Å². The van der Waals surface area contributed by atoms with Crippen LogP contribution in [-0.4, -0.2) is 32.6 Å². The van der Waals surface area contributed by atoms with E-state index in [0.29, 0.717) is 30.2 Å². The molecular weight excluding hydrogens is 344 g/mol. The fraction of sp³-hybridized carbons (Fsp3) is 0.333. The molecule has 0 aliphatic carbocycles. The van der Waals surface area contributed by atoms with Gasteiger partial charge in [-0.15, -0.1) is 0 Å². The van der Waals surface area contributed by atoms with Gasteiger partial charge in [0.25, 0.3) is 0 Å². The summed E-state index contributed by atoms with van der Waals surface area (Å²) in [6.45, 7) is 2.37. The van der Waals surface area contributed by atoms with Crippen molar-refractivity contribution >= 4 is 17.5 Å². The van der Waals surface area contributed by atoms with Gasteiger partial charge < -0.3 is 19.7 Å². The van der Waals surface area contributed by atoms with Crippen LogP contribution in [-0.2, 0) is 9.59 Å². The van der Waals surface area contributed by atoms with E-state index in [1.54, 1.807) is 37.3 Å². The van der Waals surface area contributed by atoms with E-state index in [9.17, 15) is 9.59 Å². The standard InChI is InChI=1S/C21H24N2O4/c1-14(15-7-5-4-6-8-15)22-20(24)17-11-12-23(21(17)25)18-13-16(26-2)9-10-19(18)27-3/h4-10,13-14,17H,11-12H2,1-3H3,(H,22,24). The zero-order valence-corrected chi connectivity index (χ0v) is 15.8. The molecule has 1 heterocycles. The van der Waals surface area contributed by atoms with Gasteiger partial charge in [-0.25, -0.2) is 0 Å². The van der Waals surface area contributed by atoms with E-state index < -0.39 is 5.92 Å². The number of benzene rings is 2. The van der Waals surface area contributed by atoms with Crippen molar-refractivity contribution in [3.8, 4) is 11.5 Å². The third-order valence-electron chi connectivity index (χ3n) is 4.86. The van der Waals surface area contributed by atoms with Gasteiger partial charge in [-0.3, -0.25) is 9.59 Å². The molecule has 2 amide bonds. The fourth-order valence-electron chi connectivity index (χ4n) is 3.31. The summed E-state index contributed by atoms with van der Waals surface area (Å²) in [5.41, 5.74) is 1.62. The quantitative estimate of drug-likeness (QED) is 0.796. The lowest BCUT2D eigenvalue weighted by Crippen LogP contribution is -2.38. The molecule has 0 bridgehead atoms. The van der Waals surface area contributed by atoms with Crippen LogP contribution in [0.4, 0.5) is 5.69 Å². The Balaban J connectivity index is 1.74. The zero-order valence-electron chi connectivity index (χ0n) is 15.8. The molecule has 142 valence electrons. The lowest BCUT2D eigenvalue weighted by atomic mass is 10.0. The maximum Gasteiger partial charge on any atom is 0.239 e. The van der Waals surface area contributed by atoms with Gasteiger partial charge in [0.15, 0.2) is 0 Å². The summed E-state index contributed by atoms with van der Waals surface area (Å²) in [6, 6.07) is 14.8. The first-order valence-corrected chi connectivity index (χ1v) is 8.94. The summed E-state index contributed by atoms with van der Waals surface area (Å²) >= 11 is 0. The van der Waals surface area contributed by atoms with Crippen molar-refractivity contribution in [1.82, 2.24) is 5.32 Å². The Morgan fingerprint density at radius 1 is 1.15 bits per heavy atom. The van der Waals surface area contributed by atoms with Crippen molar-refractivity contribution in [2.24, 2.45) is 5.92 Å². The van der Waals surface area contributed by atoms with Crippen LogP contribution in [0.1, 0.15) is 24.9 Å². The highest BCUT2D eigenvalue weighted by Crippen LogP contribution is 2.36. The molecule has 0 radical (unpaired) electrons. The average Bonchev–Trinajstić information content (AvgIpc) is 3.09. The molecule has 0 saturated carbocycles. The molecule has 2 aromatic carbocycles. The maximum absolute atomic E-state index is 12.9. The minimum atomic E-state index is -0.702. The molecule has 1 saturated heterocycles. The Kier molecular flexibility index (Phi) is 5.64.